The van der Waals surface area contributed by atoms with Crippen LogP contribution in [0.5, 0.6) is 5.75 Å². The minimum Gasteiger partial charge on any atom is -0.482 e. The van der Waals surface area contributed by atoms with Crippen molar-refractivity contribution in [3.8, 4) is 5.75 Å². The summed E-state index contributed by atoms with van der Waals surface area (Å²) >= 11 is 0. The summed E-state index contributed by atoms with van der Waals surface area (Å²) in [7, 11) is 0. The number of amides is 2. The van der Waals surface area contributed by atoms with E-state index in [4.69, 9.17) is 4.74 Å². The van der Waals surface area contributed by atoms with Gasteiger partial charge in [0.15, 0.2) is 6.61 Å². The number of benzene rings is 2. The number of para-hydroxylation sites is 2. The second-order valence-corrected chi connectivity index (χ2v) is 5.58. The first-order valence-corrected chi connectivity index (χ1v) is 7.63. The monoisotopic (exact) mass is 328 g/mol. The largest absolute Gasteiger partial charge is 0.482 e. The van der Waals surface area contributed by atoms with Crippen LogP contribution in [0.4, 0.5) is 15.8 Å². The first kappa shape index (κ1) is 16.0. The average molecular weight is 328 g/mol. The zero-order chi connectivity index (χ0) is 17.1. The topological polar surface area (TPSA) is 58.6 Å². The maximum absolute atomic E-state index is 13.8. The molecular weight excluding hydrogens is 311 g/mol. The highest BCUT2D eigenvalue weighted by atomic mass is 19.1. The Labute approximate surface area is 139 Å². The first-order valence-electron chi connectivity index (χ1n) is 7.63. The lowest BCUT2D eigenvalue weighted by Gasteiger charge is -2.29. The zero-order valence-corrected chi connectivity index (χ0v) is 13.2. The number of aryl methyl sites for hydroxylation is 1. The van der Waals surface area contributed by atoms with Crippen LogP contribution in [0, 0.1) is 12.7 Å². The quantitative estimate of drug-likeness (QED) is 0.939. The highest BCUT2D eigenvalue weighted by molar-refractivity contribution is 5.99. The number of carbonyl (C=O) groups is 2. The van der Waals surface area contributed by atoms with E-state index in [0.717, 1.165) is 5.56 Å². The van der Waals surface area contributed by atoms with Crippen molar-refractivity contribution in [2.24, 2.45) is 0 Å². The normalized spacial score (nSPS) is 13.2. The molecule has 5 nitrogen and oxygen atoms in total. The van der Waals surface area contributed by atoms with Crippen molar-refractivity contribution in [2.75, 3.05) is 23.4 Å². The fourth-order valence-electron chi connectivity index (χ4n) is 2.55. The third kappa shape index (κ3) is 3.37. The van der Waals surface area contributed by atoms with Gasteiger partial charge in [-0.25, -0.2) is 4.39 Å². The van der Waals surface area contributed by atoms with Gasteiger partial charge in [-0.1, -0.05) is 18.2 Å². The molecule has 0 aliphatic carbocycles. The molecule has 0 saturated heterocycles. The van der Waals surface area contributed by atoms with Crippen LogP contribution in [0.3, 0.4) is 0 Å². The molecule has 0 spiro atoms. The van der Waals surface area contributed by atoms with Crippen LogP contribution in [0.1, 0.15) is 12.0 Å². The number of ether oxygens (including phenoxy) is 1. The molecule has 0 fully saturated rings. The van der Waals surface area contributed by atoms with Gasteiger partial charge in [-0.15, -0.1) is 0 Å². The van der Waals surface area contributed by atoms with Crippen molar-refractivity contribution in [3.05, 3.63) is 53.8 Å². The maximum atomic E-state index is 13.8. The van der Waals surface area contributed by atoms with E-state index in [-0.39, 0.29) is 37.1 Å². The molecule has 3 rings (SSSR count). The summed E-state index contributed by atoms with van der Waals surface area (Å²) in [4.78, 5) is 25.6. The SMILES string of the molecule is Cc1ccc(NC(=O)CCN2C(=O)COc3ccccc32)c(F)c1. The molecular formula is C18H17FN2O3. The lowest BCUT2D eigenvalue weighted by atomic mass is 10.2. The van der Waals surface area contributed by atoms with E-state index in [0.29, 0.717) is 11.4 Å². The van der Waals surface area contributed by atoms with Gasteiger partial charge in [-0.3, -0.25) is 9.59 Å². The predicted octanol–water partition coefficient (Wildman–Crippen LogP) is 2.89. The number of hydrogen-bond donors (Lipinski definition) is 1. The van der Waals surface area contributed by atoms with Crippen molar-refractivity contribution >= 4 is 23.2 Å². The lowest BCUT2D eigenvalue weighted by molar-refractivity contribution is -0.121. The summed E-state index contributed by atoms with van der Waals surface area (Å²) in [5, 5.41) is 2.53. The second-order valence-electron chi connectivity index (χ2n) is 5.58. The third-order valence-electron chi connectivity index (χ3n) is 3.77. The molecule has 1 heterocycles. The molecule has 2 aromatic carbocycles. The van der Waals surface area contributed by atoms with Crippen LogP contribution in [-0.4, -0.2) is 25.0 Å². The summed E-state index contributed by atoms with van der Waals surface area (Å²) in [5.74, 6) is -0.421. The summed E-state index contributed by atoms with van der Waals surface area (Å²) in [5.41, 5.74) is 1.56. The Morgan fingerprint density at radius 1 is 1.29 bits per heavy atom. The summed E-state index contributed by atoms with van der Waals surface area (Å²) in [6.45, 7) is 1.93. The van der Waals surface area contributed by atoms with E-state index in [1.807, 2.05) is 6.07 Å². The van der Waals surface area contributed by atoms with Gasteiger partial charge in [0.05, 0.1) is 11.4 Å². The van der Waals surface area contributed by atoms with Gasteiger partial charge in [0, 0.05) is 13.0 Å². The molecule has 0 unspecified atom stereocenters. The van der Waals surface area contributed by atoms with Crippen molar-refractivity contribution in [3.63, 3.8) is 0 Å². The second kappa shape index (κ2) is 6.70. The Morgan fingerprint density at radius 3 is 2.88 bits per heavy atom. The minimum absolute atomic E-state index is 0.0504. The van der Waals surface area contributed by atoms with Crippen LogP contribution >= 0.6 is 0 Å². The van der Waals surface area contributed by atoms with Gasteiger partial charge >= 0.3 is 0 Å². The fourth-order valence-corrected chi connectivity index (χ4v) is 2.55. The van der Waals surface area contributed by atoms with Crippen LogP contribution < -0.4 is 15.0 Å². The van der Waals surface area contributed by atoms with E-state index < -0.39 is 5.82 Å². The van der Waals surface area contributed by atoms with Crippen molar-refractivity contribution in [2.45, 2.75) is 13.3 Å². The Hall–Kier alpha value is -2.89. The third-order valence-corrected chi connectivity index (χ3v) is 3.77. The van der Waals surface area contributed by atoms with Crippen LogP contribution in [0.15, 0.2) is 42.5 Å². The summed E-state index contributed by atoms with van der Waals surface area (Å²) < 4.78 is 19.1. The number of carbonyl (C=O) groups excluding carboxylic acids is 2. The predicted molar refractivity (Wildman–Crippen MR) is 88.7 cm³/mol. The Bertz CT molecular complexity index is 792. The van der Waals surface area contributed by atoms with Gasteiger partial charge < -0.3 is 15.0 Å². The smallest absolute Gasteiger partial charge is 0.265 e. The van der Waals surface area contributed by atoms with Gasteiger partial charge in [0.25, 0.3) is 5.91 Å². The molecule has 24 heavy (non-hydrogen) atoms. The van der Waals surface area contributed by atoms with Crippen molar-refractivity contribution in [1.29, 1.82) is 0 Å². The molecule has 124 valence electrons. The zero-order valence-electron chi connectivity index (χ0n) is 13.2. The maximum Gasteiger partial charge on any atom is 0.265 e. The molecule has 6 heteroatoms. The standard InChI is InChI=1S/C18H17FN2O3/c1-12-6-7-14(13(19)10-12)20-17(22)8-9-21-15-4-2-3-5-16(15)24-11-18(21)23/h2-7,10H,8-9,11H2,1H3,(H,20,22). The molecule has 2 aromatic rings. The van der Waals surface area contributed by atoms with Gasteiger partial charge in [-0.05, 0) is 36.8 Å². The Kier molecular flexibility index (Phi) is 4.46. The van der Waals surface area contributed by atoms with Crippen LogP contribution in [-0.2, 0) is 9.59 Å². The highest BCUT2D eigenvalue weighted by Crippen LogP contribution is 2.31. The van der Waals surface area contributed by atoms with Crippen molar-refractivity contribution < 1.29 is 18.7 Å². The van der Waals surface area contributed by atoms with E-state index in [9.17, 15) is 14.0 Å². The average Bonchev–Trinajstić information content (AvgIpc) is 2.56. The molecule has 0 radical (unpaired) electrons. The van der Waals surface area contributed by atoms with E-state index in [2.05, 4.69) is 5.32 Å². The minimum atomic E-state index is -0.476. The Balaban J connectivity index is 1.65. The highest BCUT2D eigenvalue weighted by Gasteiger charge is 2.25. The number of anilines is 2. The number of rotatable bonds is 4. The molecule has 1 aliphatic heterocycles. The first-order chi connectivity index (χ1) is 11.5. The number of nitrogens with one attached hydrogen (secondary N) is 1. The summed E-state index contributed by atoms with van der Waals surface area (Å²) in [6, 6.07) is 11.8. The van der Waals surface area contributed by atoms with E-state index in [1.165, 1.54) is 17.0 Å². The molecule has 2 amide bonds. The van der Waals surface area contributed by atoms with Gasteiger partial charge in [0.2, 0.25) is 5.91 Å². The number of nitrogens with zero attached hydrogens (tertiary/aromatic N) is 1. The molecule has 0 aromatic heterocycles. The van der Waals surface area contributed by atoms with Crippen LogP contribution in [0.2, 0.25) is 0 Å². The molecule has 0 saturated carbocycles. The number of halogens is 1. The molecule has 1 N–H and O–H groups in total. The fraction of sp³-hybridized carbons (Fsp3) is 0.222. The Morgan fingerprint density at radius 2 is 2.08 bits per heavy atom. The van der Waals surface area contributed by atoms with E-state index >= 15 is 0 Å². The molecule has 0 bridgehead atoms. The number of hydrogen-bond acceptors (Lipinski definition) is 3. The van der Waals surface area contributed by atoms with Gasteiger partial charge in [0.1, 0.15) is 11.6 Å². The number of fused-ring (bicyclic) bond motifs is 1. The molecule has 0 atom stereocenters. The van der Waals surface area contributed by atoms with E-state index in [1.54, 1.807) is 31.2 Å². The van der Waals surface area contributed by atoms with Crippen molar-refractivity contribution in [1.82, 2.24) is 0 Å². The molecule has 1 aliphatic rings. The summed E-state index contributed by atoms with van der Waals surface area (Å²) in [6.07, 6.45) is 0.0629. The lowest BCUT2D eigenvalue weighted by Crippen LogP contribution is -2.40. The van der Waals surface area contributed by atoms with Crippen LogP contribution in [0.25, 0.3) is 0 Å². The van der Waals surface area contributed by atoms with Gasteiger partial charge in [-0.2, -0.15) is 0 Å².